The number of nitro groups is 1. The van der Waals surface area contributed by atoms with Crippen LogP contribution in [0.5, 0.6) is 0 Å². The summed E-state index contributed by atoms with van der Waals surface area (Å²) in [6, 6.07) is 13.4. The highest BCUT2D eigenvalue weighted by Gasteiger charge is 2.23. The third-order valence-electron chi connectivity index (χ3n) is 3.50. The van der Waals surface area contributed by atoms with E-state index in [9.17, 15) is 18.5 Å². The van der Waals surface area contributed by atoms with Crippen molar-refractivity contribution >= 4 is 56.2 Å². The molecule has 2 aromatic carbocycles. The van der Waals surface area contributed by atoms with Gasteiger partial charge in [0.1, 0.15) is 4.90 Å². The Hall–Kier alpha value is -2.95. The van der Waals surface area contributed by atoms with E-state index < -0.39 is 14.9 Å². The summed E-state index contributed by atoms with van der Waals surface area (Å²) >= 11 is 7.46. The average Bonchev–Trinajstić information content (AvgIpc) is 3.17. The van der Waals surface area contributed by atoms with Crippen LogP contribution in [0.15, 0.2) is 70.0 Å². The molecule has 0 atom stereocenters. The predicted molar refractivity (Wildman–Crippen MR) is 111 cm³/mol. The molecule has 0 unspecified atom stereocenters. The van der Waals surface area contributed by atoms with Gasteiger partial charge >= 0.3 is 0 Å². The first-order valence-electron chi connectivity index (χ1n) is 7.75. The number of thiophene rings is 1. The van der Waals surface area contributed by atoms with E-state index in [1.807, 2.05) is 17.5 Å². The van der Waals surface area contributed by atoms with Gasteiger partial charge in [-0.3, -0.25) is 20.3 Å². The SMILES string of the molecule is O=[N+]([O-])c1ccc(NN=Cc2cccs2)c(S(=O)(=O)Nc2ccccc2Cl)c1. The maximum atomic E-state index is 12.9. The molecule has 0 aliphatic carbocycles. The molecular weight excluding hydrogens is 424 g/mol. The first-order chi connectivity index (χ1) is 13.4. The van der Waals surface area contributed by atoms with Crippen molar-refractivity contribution in [2.45, 2.75) is 4.90 Å². The Morgan fingerprint density at radius 3 is 2.57 bits per heavy atom. The molecule has 28 heavy (non-hydrogen) atoms. The standard InChI is InChI=1S/C17H13ClN4O4S2/c18-14-5-1-2-6-15(14)21-28(25,26)17-10-12(22(23)24)7-8-16(17)20-19-11-13-4-3-9-27-13/h1-11,20-21H. The highest BCUT2D eigenvalue weighted by atomic mass is 35.5. The predicted octanol–water partition coefficient (Wildman–Crippen LogP) is 4.56. The van der Waals surface area contributed by atoms with Crippen molar-refractivity contribution in [2.75, 3.05) is 10.1 Å². The summed E-state index contributed by atoms with van der Waals surface area (Å²) < 4.78 is 28.1. The molecule has 11 heteroatoms. The van der Waals surface area contributed by atoms with Gasteiger partial charge in [0.15, 0.2) is 0 Å². The molecule has 0 radical (unpaired) electrons. The molecule has 0 amide bonds. The largest absolute Gasteiger partial charge is 0.278 e. The Morgan fingerprint density at radius 1 is 1.11 bits per heavy atom. The highest BCUT2D eigenvalue weighted by Crippen LogP contribution is 2.30. The van der Waals surface area contributed by atoms with E-state index in [0.717, 1.165) is 10.9 Å². The van der Waals surface area contributed by atoms with E-state index in [1.165, 1.54) is 41.8 Å². The molecule has 8 nitrogen and oxygen atoms in total. The number of nitrogens with one attached hydrogen (secondary N) is 2. The van der Waals surface area contributed by atoms with Crippen molar-refractivity contribution in [1.29, 1.82) is 0 Å². The van der Waals surface area contributed by atoms with Gasteiger partial charge in [-0.2, -0.15) is 5.10 Å². The van der Waals surface area contributed by atoms with Gasteiger partial charge in [-0.15, -0.1) is 11.3 Å². The Balaban J connectivity index is 1.97. The second-order valence-electron chi connectivity index (χ2n) is 5.41. The molecule has 144 valence electrons. The molecule has 0 saturated carbocycles. The molecule has 0 aliphatic heterocycles. The molecule has 3 rings (SSSR count). The summed E-state index contributed by atoms with van der Waals surface area (Å²) in [6.07, 6.45) is 1.52. The molecule has 2 N–H and O–H groups in total. The third-order valence-corrected chi connectivity index (χ3v) is 6.05. The summed E-state index contributed by atoms with van der Waals surface area (Å²) in [7, 11) is -4.18. The van der Waals surface area contributed by atoms with Crippen LogP contribution in [0.3, 0.4) is 0 Å². The fourth-order valence-corrected chi connectivity index (χ4v) is 4.29. The van der Waals surface area contributed by atoms with Gasteiger partial charge in [-0.1, -0.05) is 29.8 Å². The van der Waals surface area contributed by atoms with Gasteiger partial charge in [0, 0.05) is 17.0 Å². The fraction of sp³-hybridized carbons (Fsp3) is 0. The van der Waals surface area contributed by atoms with Crippen LogP contribution >= 0.6 is 22.9 Å². The van der Waals surface area contributed by atoms with Gasteiger partial charge in [0.05, 0.1) is 27.5 Å². The van der Waals surface area contributed by atoms with Crippen LogP contribution in [0.25, 0.3) is 0 Å². The number of hydrogen-bond acceptors (Lipinski definition) is 7. The average molecular weight is 437 g/mol. The van der Waals surface area contributed by atoms with Crippen LogP contribution in [0, 0.1) is 10.1 Å². The molecular formula is C17H13ClN4O4S2. The summed E-state index contributed by atoms with van der Waals surface area (Å²) in [5, 5.41) is 17.2. The molecule has 0 fully saturated rings. The molecule has 3 aromatic rings. The van der Waals surface area contributed by atoms with E-state index in [1.54, 1.807) is 12.1 Å². The number of hydrogen-bond donors (Lipinski definition) is 2. The van der Waals surface area contributed by atoms with Crippen molar-refractivity contribution in [3.8, 4) is 0 Å². The first kappa shape index (κ1) is 19.8. The smallest absolute Gasteiger partial charge is 0.270 e. The van der Waals surface area contributed by atoms with Crippen molar-refractivity contribution in [3.05, 3.63) is 80.0 Å². The van der Waals surface area contributed by atoms with Crippen molar-refractivity contribution < 1.29 is 13.3 Å². The number of para-hydroxylation sites is 1. The van der Waals surface area contributed by atoms with Crippen LogP contribution in [-0.2, 0) is 10.0 Å². The van der Waals surface area contributed by atoms with Gasteiger partial charge in [0.25, 0.3) is 15.7 Å². The normalized spacial score (nSPS) is 11.5. The van der Waals surface area contributed by atoms with E-state index >= 15 is 0 Å². The van der Waals surface area contributed by atoms with Crippen LogP contribution in [-0.4, -0.2) is 19.6 Å². The molecule has 1 heterocycles. The number of sulfonamides is 1. The van der Waals surface area contributed by atoms with Crippen LogP contribution in [0.1, 0.15) is 4.88 Å². The van der Waals surface area contributed by atoms with Gasteiger partial charge < -0.3 is 0 Å². The molecule has 0 bridgehead atoms. The zero-order valence-electron chi connectivity index (χ0n) is 14.1. The van der Waals surface area contributed by atoms with Crippen LogP contribution in [0.4, 0.5) is 17.1 Å². The third kappa shape index (κ3) is 4.66. The number of nitro benzene ring substituents is 1. The summed E-state index contributed by atoms with van der Waals surface area (Å²) in [4.78, 5) is 10.9. The summed E-state index contributed by atoms with van der Waals surface area (Å²) in [6.45, 7) is 0. The minimum Gasteiger partial charge on any atom is -0.278 e. The number of rotatable bonds is 7. The molecule has 1 aromatic heterocycles. The monoisotopic (exact) mass is 436 g/mol. The minimum atomic E-state index is -4.18. The van der Waals surface area contributed by atoms with E-state index in [-0.39, 0.29) is 27.0 Å². The first-order valence-corrected chi connectivity index (χ1v) is 10.5. The molecule has 0 spiro atoms. The quantitative estimate of drug-likeness (QED) is 0.320. The van der Waals surface area contributed by atoms with Gasteiger partial charge in [-0.25, -0.2) is 8.42 Å². The lowest BCUT2D eigenvalue weighted by Gasteiger charge is -2.12. The number of benzene rings is 2. The zero-order valence-corrected chi connectivity index (χ0v) is 16.5. The lowest BCUT2D eigenvalue weighted by molar-refractivity contribution is -0.385. The number of hydrazone groups is 1. The zero-order chi connectivity index (χ0) is 20.1. The Kier molecular flexibility index (Phi) is 5.93. The minimum absolute atomic E-state index is 0.0814. The molecule has 0 saturated heterocycles. The van der Waals surface area contributed by atoms with Crippen molar-refractivity contribution in [1.82, 2.24) is 0 Å². The maximum Gasteiger partial charge on any atom is 0.270 e. The fourth-order valence-electron chi connectivity index (χ4n) is 2.21. The van der Waals surface area contributed by atoms with E-state index in [2.05, 4.69) is 15.2 Å². The van der Waals surface area contributed by atoms with Crippen molar-refractivity contribution in [3.63, 3.8) is 0 Å². The van der Waals surface area contributed by atoms with Gasteiger partial charge in [-0.05, 0) is 29.6 Å². The Bertz CT molecular complexity index is 1130. The van der Waals surface area contributed by atoms with E-state index in [0.29, 0.717) is 0 Å². The Morgan fingerprint density at radius 2 is 1.89 bits per heavy atom. The van der Waals surface area contributed by atoms with E-state index in [4.69, 9.17) is 11.6 Å². The lowest BCUT2D eigenvalue weighted by Crippen LogP contribution is -2.15. The highest BCUT2D eigenvalue weighted by molar-refractivity contribution is 7.93. The lowest BCUT2D eigenvalue weighted by atomic mass is 10.3. The number of halogens is 1. The number of non-ortho nitro benzene ring substituents is 1. The maximum absolute atomic E-state index is 12.9. The second-order valence-corrected chi connectivity index (χ2v) is 8.45. The van der Waals surface area contributed by atoms with Crippen LogP contribution < -0.4 is 10.1 Å². The molecule has 0 aliphatic rings. The second kappa shape index (κ2) is 8.38. The Labute approximate surface area is 169 Å². The summed E-state index contributed by atoms with van der Waals surface area (Å²) in [5.41, 5.74) is 2.49. The summed E-state index contributed by atoms with van der Waals surface area (Å²) in [5.74, 6) is 0. The van der Waals surface area contributed by atoms with Crippen LogP contribution in [0.2, 0.25) is 5.02 Å². The number of nitrogens with zero attached hydrogens (tertiary/aromatic N) is 2. The van der Waals surface area contributed by atoms with Crippen molar-refractivity contribution in [2.24, 2.45) is 5.10 Å². The number of anilines is 2. The van der Waals surface area contributed by atoms with Gasteiger partial charge in [0.2, 0.25) is 0 Å². The topological polar surface area (TPSA) is 114 Å².